The molecule has 3 aromatic rings. The topological polar surface area (TPSA) is 28.7 Å². The molecule has 1 N–H and O–H groups in total. The van der Waals surface area contributed by atoms with Gasteiger partial charge in [-0.15, -0.1) is 0 Å². The molecule has 0 amide bonds. The molecule has 0 aliphatic heterocycles. The van der Waals surface area contributed by atoms with Crippen molar-refractivity contribution in [2.45, 2.75) is 6.92 Å². The molecule has 2 nitrogen and oxygen atoms in total. The zero-order valence-corrected chi connectivity index (χ0v) is 9.07. The predicted octanol–water partition coefficient (Wildman–Crippen LogP) is 3.54. The van der Waals surface area contributed by atoms with Crippen LogP contribution in [-0.2, 0) is 0 Å². The van der Waals surface area contributed by atoms with Crippen LogP contribution in [-0.4, -0.2) is 9.97 Å². The van der Waals surface area contributed by atoms with Gasteiger partial charge >= 0.3 is 0 Å². The minimum absolute atomic E-state index is 0.957. The highest BCUT2D eigenvalue weighted by Gasteiger charge is 2.08. The van der Waals surface area contributed by atoms with Gasteiger partial charge in [-0.1, -0.05) is 30.3 Å². The maximum atomic E-state index is 4.33. The Balaban J connectivity index is 2.33. The van der Waals surface area contributed by atoms with Crippen LogP contribution in [0.25, 0.3) is 22.2 Å². The van der Waals surface area contributed by atoms with Crippen LogP contribution in [0.5, 0.6) is 0 Å². The van der Waals surface area contributed by atoms with E-state index in [9.17, 15) is 0 Å². The van der Waals surface area contributed by atoms with E-state index in [1.807, 2.05) is 24.5 Å². The van der Waals surface area contributed by atoms with Gasteiger partial charge in [-0.25, -0.2) is 4.98 Å². The van der Waals surface area contributed by atoms with Crippen molar-refractivity contribution >= 4 is 11.0 Å². The molecular formula is C14H12N2. The van der Waals surface area contributed by atoms with Crippen LogP contribution in [0, 0.1) is 6.92 Å². The number of pyridine rings is 1. The van der Waals surface area contributed by atoms with Gasteiger partial charge in [0.25, 0.3) is 0 Å². The molecule has 0 radical (unpaired) electrons. The van der Waals surface area contributed by atoms with Gasteiger partial charge in [0.05, 0.1) is 0 Å². The minimum atomic E-state index is 0.957. The molecule has 2 aromatic heterocycles. The second-order valence-electron chi connectivity index (χ2n) is 3.92. The zero-order chi connectivity index (χ0) is 11.0. The van der Waals surface area contributed by atoms with E-state index in [-0.39, 0.29) is 0 Å². The molecule has 1 aromatic carbocycles. The van der Waals surface area contributed by atoms with E-state index in [0.717, 1.165) is 5.65 Å². The summed E-state index contributed by atoms with van der Waals surface area (Å²) in [7, 11) is 0. The number of nitrogens with one attached hydrogen (secondary N) is 1. The zero-order valence-electron chi connectivity index (χ0n) is 9.07. The Bertz CT molecular complexity index is 624. The molecule has 2 heterocycles. The van der Waals surface area contributed by atoms with Crippen molar-refractivity contribution in [3.05, 3.63) is 54.4 Å². The number of hydrogen-bond donors (Lipinski definition) is 1. The molecule has 78 valence electrons. The van der Waals surface area contributed by atoms with Crippen LogP contribution in [0.3, 0.4) is 0 Å². The summed E-state index contributed by atoms with van der Waals surface area (Å²) in [6.45, 7) is 2.12. The molecule has 0 atom stereocenters. The van der Waals surface area contributed by atoms with E-state index >= 15 is 0 Å². The molecule has 0 saturated carbocycles. The Hall–Kier alpha value is -2.09. The summed E-state index contributed by atoms with van der Waals surface area (Å²) in [6, 6.07) is 12.4. The number of hydrogen-bond acceptors (Lipinski definition) is 1. The first-order valence-electron chi connectivity index (χ1n) is 5.34. The molecule has 0 saturated heterocycles. The molecule has 0 unspecified atom stereocenters. The molecular weight excluding hydrogens is 196 g/mol. The van der Waals surface area contributed by atoms with Crippen LogP contribution in [0.15, 0.2) is 48.8 Å². The molecule has 3 rings (SSSR count). The lowest BCUT2D eigenvalue weighted by Gasteiger charge is -2.01. The van der Waals surface area contributed by atoms with E-state index in [1.54, 1.807) is 0 Å². The molecule has 0 spiro atoms. The van der Waals surface area contributed by atoms with Crippen molar-refractivity contribution in [2.75, 3.05) is 0 Å². The van der Waals surface area contributed by atoms with Crippen molar-refractivity contribution in [3.8, 4) is 11.1 Å². The van der Waals surface area contributed by atoms with Gasteiger partial charge < -0.3 is 4.98 Å². The number of benzene rings is 1. The van der Waals surface area contributed by atoms with Gasteiger partial charge in [0.1, 0.15) is 5.65 Å². The third-order valence-corrected chi connectivity index (χ3v) is 2.87. The number of H-pyrrole nitrogens is 1. The smallest absolute Gasteiger partial charge is 0.138 e. The Morgan fingerprint density at radius 1 is 1.06 bits per heavy atom. The van der Waals surface area contributed by atoms with E-state index in [4.69, 9.17) is 0 Å². The standard InChI is InChI=1S/C14H12N2/c1-10-7-8-15-14-13(10)12(9-16-14)11-5-3-2-4-6-11/h2-9H,1H3,(H,15,16). The summed E-state index contributed by atoms with van der Waals surface area (Å²) >= 11 is 0. The Morgan fingerprint density at radius 2 is 1.88 bits per heavy atom. The summed E-state index contributed by atoms with van der Waals surface area (Å²) in [5, 5.41) is 1.22. The first kappa shape index (κ1) is 9.16. The van der Waals surface area contributed by atoms with Gasteiger partial charge in [-0.3, -0.25) is 0 Å². The van der Waals surface area contributed by atoms with Crippen LogP contribution >= 0.6 is 0 Å². The number of aryl methyl sites for hydroxylation is 1. The van der Waals surface area contributed by atoms with Crippen molar-refractivity contribution in [2.24, 2.45) is 0 Å². The van der Waals surface area contributed by atoms with E-state index in [2.05, 4.69) is 41.2 Å². The highest BCUT2D eigenvalue weighted by molar-refractivity contribution is 5.95. The highest BCUT2D eigenvalue weighted by Crippen LogP contribution is 2.29. The monoisotopic (exact) mass is 208 g/mol. The summed E-state index contributed by atoms with van der Waals surface area (Å²) < 4.78 is 0. The van der Waals surface area contributed by atoms with Crippen LogP contribution in [0.2, 0.25) is 0 Å². The van der Waals surface area contributed by atoms with Crippen molar-refractivity contribution < 1.29 is 0 Å². The number of fused-ring (bicyclic) bond motifs is 1. The molecule has 0 fully saturated rings. The molecule has 0 aliphatic rings. The number of aromatic amines is 1. The first-order valence-corrected chi connectivity index (χ1v) is 5.34. The predicted molar refractivity (Wildman–Crippen MR) is 66.3 cm³/mol. The van der Waals surface area contributed by atoms with Crippen molar-refractivity contribution in [3.63, 3.8) is 0 Å². The van der Waals surface area contributed by atoms with E-state index in [0.29, 0.717) is 0 Å². The maximum Gasteiger partial charge on any atom is 0.138 e. The second kappa shape index (κ2) is 3.49. The Morgan fingerprint density at radius 3 is 2.69 bits per heavy atom. The Labute approximate surface area is 94.0 Å². The summed E-state index contributed by atoms with van der Waals surface area (Å²) in [6.07, 6.45) is 3.86. The lowest BCUT2D eigenvalue weighted by Crippen LogP contribution is -1.81. The van der Waals surface area contributed by atoms with Crippen LogP contribution in [0.4, 0.5) is 0 Å². The normalized spacial score (nSPS) is 10.8. The van der Waals surface area contributed by atoms with Gasteiger partial charge in [-0.2, -0.15) is 0 Å². The first-order chi connectivity index (χ1) is 7.86. The number of nitrogens with zero attached hydrogens (tertiary/aromatic N) is 1. The summed E-state index contributed by atoms with van der Waals surface area (Å²) in [5.41, 5.74) is 4.66. The summed E-state index contributed by atoms with van der Waals surface area (Å²) in [5.74, 6) is 0. The van der Waals surface area contributed by atoms with Gasteiger partial charge in [0, 0.05) is 23.3 Å². The lowest BCUT2D eigenvalue weighted by atomic mass is 10.0. The van der Waals surface area contributed by atoms with E-state index in [1.165, 1.54) is 22.1 Å². The van der Waals surface area contributed by atoms with Gasteiger partial charge in [0.15, 0.2) is 0 Å². The number of aromatic nitrogens is 2. The fourth-order valence-electron chi connectivity index (χ4n) is 2.07. The van der Waals surface area contributed by atoms with Crippen LogP contribution in [0.1, 0.15) is 5.56 Å². The van der Waals surface area contributed by atoms with Crippen molar-refractivity contribution in [1.82, 2.24) is 9.97 Å². The second-order valence-corrected chi connectivity index (χ2v) is 3.92. The fraction of sp³-hybridized carbons (Fsp3) is 0.0714. The van der Waals surface area contributed by atoms with Crippen molar-refractivity contribution in [1.29, 1.82) is 0 Å². The minimum Gasteiger partial charge on any atom is -0.346 e. The molecule has 0 aliphatic carbocycles. The largest absolute Gasteiger partial charge is 0.346 e. The number of rotatable bonds is 1. The quantitative estimate of drug-likeness (QED) is 0.651. The van der Waals surface area contributed by atoms with Gasteiger partial charge in [0.2, 0.25) is 0 Å². The third kappa shape index (κ3) is 1.31. The molecule has 0 bridgehead atoms. The molecule has 16 heavy (non-hydrogen) atoms. The van der Waals surface area contributed by atoms with Crippen LogP contribution < -0.4 is 0 Å². The average Bonchev–Trinajstić information content (AvgIpc) is 2.75. The molecule has 2 heteroatoms. The highest BCUT2D eigenvalue weighted by atomic mass is 14.8. The Kier molecular flexibility index (Phi) is 2.00. The van der Waals surface area contributed by atoms with E-state index < -0.39 is 0 Å². The fourth-order valence-corrected chi connectivity index (χ4v) is 2.07. The average molecular weight is 208 g/mol. The maximum absolute atomic E-state index is 4.33. The lowest BCUT2D eigenvalue weighted by molar-refractivity contribution is 1.31. The third-order valence-electron chi connectivity index (χ3n) is 2.87. The SMILES string of the molecule is Cc1ccnc2[nH]cc(-c3ccccc3)c12. The summed E-state index contributed by atoms with van der Waals surface area (Å²) in [4.78, 5) is 7.55. The van der Waals surface area contributed by atoms with Gasteiger partial charge in [-0.05, 0) is 24.1 Å².